The number of aromatic nitrogens is 2. The SMILES string of the molecule is CN[C@@H](C)C(=O)N[C@H](C(=O)N1CCCC1C(=O)Nc1cc2c(Nc3ccccc3OC)ncnc2cc1OC)C(C)(C)C.Cl. The number of rotatable bonds is 10. The minimum absolute atomic E-state index is 0. The van der Waals surface area contributed by atoms with Gasteiger partial charge in [0.25, 0.3) is 0 Å². The summed E-state index contributed by atoms with van der Waals surface area (Å²) >= 11 is 0. The van der Waals surface area contributed by atoms with Gasteiger partial charge in [-0.15, -0.1) is 12.4 Å². The molecule has 238 valence electrons. The minimum atomic E-state index is -0.805. The van der Waals surface area contributed by atoms with Gasteiger partial charge in [-0.05, 0) is 50.4 Å². The van der Waals surface area contributed by atoms with Crippen LogP contribution in [0, 0.1) is 5.41 Å². The third-order valence-corrected chi connectivity index (χ3v) is 7.64. The van der Waals surface area contributed by atoms with Gasteiger partial charge in [-0.2, -0.15) is 0 Å². The third-order valence-electron chi connectivity index (χ3n) is 7.64. The summed E-state index contributed by atoms with van der Waals surface area (Å²) < 4.78 is 11.1. The predicted octanol–water partition coefficient (Wildman–Crippen LogP) is 3.88. The summed E-state index contributed by atoms with van der Waals surface area (Å²) in [6, 6.07) is 8.96. The lowest BCUT2D eigenvalue weighted by Crippen LogP contribution is -2.59. The fourth-order valence-electron chi connectivity index (χ4n) is 5.06. The molecule has 1 aliphatic heterocycles. The van der Waals surface area contributed by atoms with Crippen molar-refractivity contribution in [1.29, 1.82) is 0 Å². The molecule has 2 heterocycles. The highest BCUT2D eigenvalue weighted by molar-refractivity contribution is 6.03. The molecule has 1 fully saturated rings. The Balaban J connectivity index is 0.00000529. The number of benzene rings is 2. The van der Waals surface area contributed by atoms with Crippen LogP contribution in [0.5, 0.6) is 11.5 Å². The van der Waals surface area contributed by atoms with E-state index in [1.165, 1.54) is 13.4 Å². The molecule has 2 aromatic carbocycles. The van der Waals surface area contributed by atoms with Crippen molar-refractivity contribution in [2.45, 2.75) is 58.7 Å². The fraction of sp³-hybridized carbons (Fsp3) is 0.452. The molecule has 0 saturated carbocycles. The minimum Gasteiger partial charge on any atom is -0.495 e. The molecular weight excluding hydrogens is 586 g/mol. The van der Waals surface area contributed by atoms with Crippen LogP contribution in [-0.4, -0.2) is 78.5 Å². The smallest absolute Gasteiger partial charge is 0.247 e. The zero-order valence-corrected chi connectivity index (χ0v) is 27.0. The Kier molecular flexibility index (Phi) is 11.3. The molecule has 3 aromatic rings. The van der Waals surface area contributed by atoms with E-state index in [9.17, 15) is 14.4 Å². The van der Waals surface area contributed by atoms with E-state index >= 15 is 0 Å². The molecular formula is C31H42ClN7O5. The number of amides is 3. The predicted molar refractivity (Wildman–Crippen MR) is 173 cm³/mol. The first-order chi connectivity index (χ1) is 20.5. The van der Waals surface area contributed by atoms with E-state index in [2.05, 4.69) is 31.2 Å². The number of fused-ring (bicyclic) bond motifs is 1. The molecule has 44 heavy (non-hydrogen) atoms. The number of ether oxygens (including phenoxy) is 2. The number of carbonyl (C=O) groups excluding carboxylic acids is 3. The van der Waals surface area contributed by atoms with Crippen molar-refractivity contribution in [2.24, 2.45) is 5.41 Å². The molecule has 3 amide bonds. The maximum Gasteiger partial charge on any atom is 0.247 e. The highest BCUT2D eigenvalue weighted by atomic mass is 35.5. The van der Waals surface area contributed by atoms with Crippen molar-refractivity contribution in [2.75, 3.05) is 38.4 Å². The van der Waals surface area contributed by atoms with Gasteiger partial charge in [0.05, 0.1) is 37.2 Å². The van der Waals surface area contributed by atoms with Gasteiger partial charge in [0.1, 0.15) is 35.7 Å². The van der Waals surface area contributed by atoms with E-state index in [4.69, 9.17) is 9.47 Å². The molecule has 1 unspecified atom stereocenters. The largest absolute Gasteiger partial charge is 0.495 e. The number of carbonyl (C=O) groups is 3. The van der Waals surface area contributed by atoms with E-state index in [1.54, 1.807) is 38.1 Å². The topological polar surface area (TPSA) is 147 Å². The summed E-state index contributed by atoms with van der Waals surface area (Å²) in [5.74, 6) is 0.666. The number of methoxy groups -OCH3 is 2. The quantitative estimate of drug-likeness (QED) is 0.263. The Bertz CT molecular complexity index is 1500. The molecule has 13 heteroatoms. The average molecular weight is 628 g/mol. The van der Waals surface area contributed by atoms with Crippen LogP contribution in [0.4, 0.5) is 17.2 Å². The molecule has 1 aliphatic rings. The van der Waals surface area contributed by atoms with Crippen LogP contribution in [0.2, 0.25) is 0 Å². The molecule has 12 nitrogen and oxygen atoms in total. The molecule has 1 saturated heterocycles. The Morgan fingerprint density at radius 2 is 1.73 bits per heavy atom. The Morgan fingerprint density at radius 3 is 2.39 bits per heavy atom. The Hall–Kier alpha value is -4.16. The number of likely N-dealkylation sites (N-methyl/N-ethyl adjacent to an activating group) is 1. The molecule has 0 aliphatic carbocycles. The summed E-state index contributed by atoms with van der Waals surface area (Å²) in [5, 5.41) is 12.7. The van der Waals surface area contributed by atoms with Crippen LogP contribution in [0.3, 0.4) is 0 Å². The van der Waals surface area contributed by atoms with E-state index < -0.39 is 23.5 Å². The van der Waals surface area contributed by atoms with Crippen LogP contribution in [0.25, 0.3) is 10.9 Å². The third kappa shape index (κ3) is 7.48. The summed E-state index contributed by atoms with van der Waals surface area (Å²) in [7, 11) is 4.79. The van der Waals surface area contributed by atoms with Gasteiger partial charge in [-0.3, -0.25) is 14.4 Å². The lowest BCUT2D eigenvalue weighted by Gasteiger charge is -2.36. The molecule has 0 spiro atoms. The summed E-state index contributed by atoms with van der Waals surface area (Å²) in [5.41, 5.74) is 1.17. The molecule has 3 atom stereocenters. The fourth-order valence-corrected chi connectivity index (χ4v) is 5.06. The van der Waals surface area contributed by atoms with Gasteiger partial charge in [0, 0.05) is 18.0 Å². The number of nitrogens with zero attached hydrogens (tertiary/aromatic N) is 3. The first kappa shape index (κ1) is 34.3. The number of likely N-dealkylation sites (tertiary alicyclic amines) is 1. The molecule has 1 aromatic heterocycles. The lowest BCUT2D eigenvalue weighted by molar-refractivity contribution is -0.143. The standard InChI is InChI=1S/C31H41N7O5.ClH/c1-18(32-5)28(39)37-26(31(2,3)4)30(41)38-14-10-12-23(38)29(40)36-22-15-19-21(16-25(22)43-7)33-17-34-27(19)35-20-11-8-9-13-24(20)42-6;/h8-9,11,13,15-18,23,26,32H,10,12,14H2,1-7H3,(H,36,40)(H,37,39)(H,33,34,35);1H/t18-,23?,26+;/m0./s1. The zero-order chi connectivity index (χ0) is 31.3. The van der Waals surface area contributed by atoms with Gasteiger partial charge in [-0.1, -0.05) is 32.9 Å². The van der Waals surface area contributed by atoms with E-state index in [0.29, 0.717) is 53.3 Å². The average Bonchev–Trinajstić information content (AvgIpc) is 3.49. The Labute approximate surface area is 264 Å². The number of anilines is 3. The van der Waals surface area contributed by atoms with Crippen LogP contribution in [0.1, 0.15) is 40.5 Å². The maximum atomic E-state index is 13.8. The van der Waals surface area contributed by atoms with Crippen molar-refractivity contribution in [3.8, 4) is 11.5 Å². The Morgan fingerprint density at radius 1 is 1.02 bits per heavy atom. The second-order valence-corrected chi connectivity index (χ2v) is 11.6. The number of hydrogen-bond acceptors (Lipinski definition) is 9. The van der Waals surface area contributed by atoms with Gasteiger partial charge in [0.15, 0.2) is 0 Å². The van der Waals surface area contributed by atoms with Gasteiger partial charge in [-0.25, -0.2) is 9.97 Å². The molecule has 0 radical (unpaired) electrons. The molecule has 4 rings (SSSR count). The van der Waals surface area contributed by atoms with Gasteiger partial charge in [0.2, 0.25) is 17.7 Å². The first-order valence-corrected chi connectivity index (χ1v) is 14.3. The number of nitrogens with one attached hydrogen (secondary N) is 4. The summed E-state index contributed by atoms with van der Waals surface area (Å²) in [6.45, 7) is 7.82. The second-order valence-electron chi connectivity index (χ2n) is 11.6. The number of hydrogen-bond donors (Lipinski definition) is 4. The van der Waals surface area contributed by atoms with Crippen LogP contribution < -0.4 is 30.7 Å². The van der Waals surface area contributed by atoms with E-state index in [0.717, 1.165) is 5.69 Å². The summed E-state index contributed by atoms with van der Waals surface area (Å²) in [6.07, 6.45) is 2.60. The van der Waals surface area contributed by atoms with Crippen molar-refractivity contribution in [3.63, 3.8) is 0 Å². The number of halogens is 1. The van der Waals surface area contributed by atoms with Gasteiger partial charge < -0.3 is 35.6 Å². The molecule has 4 N–H and O–H groups in total. The molecule has 0 bridgehead atoms. The number of para-hydroxylation sites is 2. The van der Waals surface area contributed by atoms with E-state index in [-0.39, 0.29) is 30.1 Å². The van der Waals surface area contributed by atoms with Crippen LogP contribution in [-0.2, 0) is 14.4 Å². The van der Waals surface area contributed by atoms with Gasteiger partial charge >= 0.3 is 0 Å². The highest BCUT2D eigenvalue weighted by Crippen LogP contribution is 2.35. The first-order valence-electron chi connectivity index (χ1n) is 14.3. The normalized spacial score (nSPS) is 16.0. The van der Waals surface area contributed by atoms with E-state index in [1.807, 2.05) is 45.0 Å². The van der Waals surface area contributed by atoms with Crippen molar-refractivity contribution >= 4 is 58.2 Å². The monoisotopic (exact) mass is 627 g/mol. The van der Waals surface area contributed by atoms with Crippen molar-refractivity contribution in [1.82, 2.24) is 25.5 Å². The lowest BCUT2D eigenvalue weighted by atomic mass is 9.85. The summed E-state index contributed by atoms with van der Waals surface area (Å²) in [4.78, 5) is 50.6. The van der Waals surface area contributed by atoms with Crippen LogP contribution >= 0.6 is 12.4 Å². The second kappa shape index (κ2) is 14.5. The van der Waals surface area contributed by atoms with Crippen molar-refractivity contribution < 1.29 is 23.9 Å². The maximum absolute atomic E-state index is 13.8. The van der Waals surface area contributed by atoms with Crippen molar-refractivity contribution in [3.05, 3.63) is 42.7 Å². The van der Waals surface area contributed by atoms with Crippen LogP contribution in [0.15, 0.2) is 42.7 Å². The highest BCUT2D eigenvalue weighted by Gasteiger charge is 2.42. The zero-order valence-electron chi connectivity index (χ0n) is 26.2.